The molecule has 41 heavy (non-hydrogen) atoms. The molecule has 3 aromatic carbocycles. The number of aliphatic hydroxyl groups excluding tert-OH is 1. The highest BCUT2D eigenvalue weighted by Crippen LogP contribution is 2.42. The summed E-state index contributed by atoms with van der Waals surface area (Å²) in [6.07, 6.45) is -0.349. The fourth-order valence-corrected chi connectivity index (χ4v) is 11.2. The monoisotopic (exact) mass is 572 g/mol. The van der Waals surface area contributed by atoms with Crippen molar-refractivity contribution in [1.29, 1.82) is 0 Å². The van der Waals surface area contributed by atoms with E-state index in [1.54, 1.807) is 11.0 Å². The second-order valence-electron chi connectivity index (χ2n) is 11.9. The van der Waals surface area contributed by atoms with Crippen LogP contribution in [-0.2, 0) is 14.0 Å². The Morgan fingerprint density at radius 2 is 1.63 bits per heavy atom. The van der Waals surface area contributed by atoms with E-state index in [0.717, 1.165) is 5.69 Å². The van der Waals surface area contributed by atoms with Gasteiger partial charge in [-0.1, -0.05) is 81.4 Å². The minimum absolute atomic E-state index is 0.00579. The summed E-state index contributed by atoms with van der Waals surface area (Å²) in [7, 11) is -2.77. The average molecular weight is 573 g/mol. The van der Waals surface area contributed by atoms with Gasteiger partial charge in [-0.25, -0.2) is 4.79 Å². The number of carbonyl (C=O) groups excluding carboxylic acids is 2. The molecular weight excluding hydrogens is 536 g/mol. The summed E-state index contributed by atoms with van der Waals surface area (Å²) in [5.74, 6) is 0.515. The van der Waals surface area contributed by atoms with Crippen molar-refractivity contribution < 1.29 is 28.6 Å². The summed E-state index contributed by atoms with van der Waals surface area (Å²) in [5, 5.41) is 11.8. The largest absolute Gasteiger partial charge is 0.489 e. The molecule has 1 N–H and O–H groups in total. The summed E-state index contributed by atoms with van der Waals surface area (Å²) in [5.41, 5.74) is 1.31. The van der Waals surface area contributed by atoms with Crippen molar-refractivity contribution in [2.75, 3.05) is 29.6 Å². The summed E-state index contributed by atoms with van der Waals surface area (Å²) < 4.78 is 18.5. The van der Waals surface area contributed by atoms with E-state index < -0.39 is 20.5 Å². The van der Waals surface area contributed by atoms with Crippen molar-refractivity contribution in [2.24, 2.45) is 0 Å². The van der Waals surface area contributed by atoms with Gasteiger partial charge in [0.1, 0.15) is 18.4 Å². The van der Waals surface area contributed by atoms with Crippen LogP contribution in [0.15, 0.2) is 78.9 Å². The molecule has 3 heterocycles. The number of amides is 2. The first-order chi connectivity index (χ1) is 19.7. The number of anilines is 2. The van der Waals surface area contributed by atoms with Crippen molar-refractivity contribution >= 4 is 42.1 Å². The molecule has 0 bridgehead atoms. The fourth-order valence-electron chi connectivity index (χ4n) is 6.46. The summed E-state index contributed by atoms with van der Waals surface area (Å²) in [6.45, 7) is 7.20. The third kappa shape index (κ3) is 4.71. The first-order valence-electron chi connectivity index (χ1n) is 14.2. The number of hydrogen-bond acceptors (Lipinski definition) is 6. The summed E-state index contributed by atoms with van der Waals surface area (Å²) in [6, 6.07) is 26.0. The highest BCUT2D eigenvalue weighted by atomic mass is 28.4. The van der Waals surface area contributed by atoms with Crippen molar-refractivity contribution in [2.45, 2.75) is 56.9 Å². The van der Waals surface area contributed by atoms with Crippen LogP contribution >= 0.6 is 0 Å². The van der Waals surface area contributed by atoms with Gasteiger partial charge in [-0.2, -0.15) is 0 Å². The van der Waals surface area contributed by atoms with Gasteiger partial charge in [-0.3, -0.25) is 9.69 Å². The van der Waals surface area contributed by atoms with E-state index in [0.29, 0.717) is 24.4 Å². The lowest BCUT2D eigenvalue weighted by Crippen LogP contribution is -2.68. The Labute approximate surface area is 241 Å². The number of cyclic esters (lactones) is 1. The van der Waals surface area contributed by atoms with Crippen molar-refractivity contribution in [1.82, 2.24) is 0 Å². The minimum atomic E-state index is -2.77. The van der Waals surface area contributed by atoms with Crippen molar-refractivity contribution in [3.8, 4) is 5.75 Å². The van der Waals surface area contributed by atoms with Crippen LogP contribution in [0.3, 0.4) is 0 Å². The molecule has 0 aromatic heterocycles. The number of ether oxygens (including phenoxy) is 2. The standard InChI is InChI=1S/C32H36N2O6Si/c1-32(2,3)41(24-10-6-4-7-11-24,25-12-8-5-9-13-25)40-23-16-17-33(30(36)19-23)22-14-15-26-28(18-22)38-21-27-29(20-35)39-31(37)34(26)27/h4-15,18,23,27,29,35H,16-17,19-21H2,1-3H3/t23-,27+,29+/m1/s1. The number of benzene rings is 3. The summed E-state index contributed by atoms with van der Waals surface area (Å²) >= 11 is 0. The quantitative estimate of drug-likeness (QED) is 0.452. The maximum absolute atomic E-state index is 13.6. The van der Waals surface area contributed by atoms with Crippen LogP contribution in [0.25, 0.3) is 0 Å². The number of aliphatic hydroxyl groups is 1. The first kappa shape index (κ1) is 27.5. The van der Waals surface area contributed by atoms with Crippen LogP contribution in [0.2, 0.25) is 5.04 Å². The lowest BCUT2D eigenvalue weighted by Gasteiger charge is -2.46. The normalized spacial score (nSPS) is 22.6. The van der Waals surface area contributed by atoms with Crippen LogP contribution in [0.5, 0.6) is 5.75 Å². The smallest absolute Gasteiger partial charge is 0.415 e. The van der Waals surface area contributed by atoms with Gasteiger partial charge in [0.25, 0.3) is 8.32 Å². The fraction of sp³-hybridized carbons (Fsp3) is 0.375. The molecule has 3 aliphatic rings. The van der Waals surface area contributed by atoms with Crippen LogP contribution < -0.4 is 24.9 Å². The molecule has 2 saturated heterocycles. The Balaban J connectivity index is 1.25. The third-order valence-corrected chi connectivity index (χ3v) is 13.5. The Morgan fingerprint density at radius 1 is 0.976 bits per heavy atom. The molecule has 3 aliphatic heterocycles. The SMILES string of the molecule is CC(C)(C)[Si](O[C@@H]1CCN(c2ccc3c(c2)OC[C@H]2[C@H](CO)OC(=O)N32)C(=O)C1)(c1ccccc1)c1ccccc1. The Bertz CT molecular complexity index is 1390. The molecule has 2 amide bonds. The molecule has 6 rings (SSSR count). The molecule has 3 atom stereocenters. The minimum Gasteiger partial charge on any atom is -0.489 e. The second kappa shape index (κ2) is 10.6. The van der Waals surface area contributed by atoms with Crippen LogP contribution in [-0.4, -0.2) is 63.4 Å². The van der Waals surface area contributed by atoms with Crippen LogP contribution in [0.4, 0.5) is 16.2 Å². The molecule has 0 unspecified atom stereocenters. The van der Waals surface area contributed by atoms with Gasteiger partial charge < -0.3 is 23.9 Å². The molecule has 0 spiro atoms. The van der Waals surface area contributed by atoms with Crippen LogP contribution in [0.1, 0.15) is 33.6 Å². The predicted octanol–water partition coefficient (Wildman–Crippen LogP) is 3.84. The zero-order valence-corrected chi connectivity index (χ0v) is 24.7. The number of rotatable bonds is 6. The van der Waals surface area contributed by atoms with Gasteiger partial charge in [-0.15, -0.1) is 0 Å². The summed E-state index contributed by atoms with van der Waals surface area (Å²) in [4.78, 5) is 29.4. The number of carbonyl (C=O) groups is 2. The Hall–Kier alpha value is -3.66. The van der Waals surface area contributed by atoms with Crippen LogP contribution in [0, 0.1) is 0 Å². The van der Waals surface area contributed by atoms with Gasteiger partial charge in [-0.05, 0) is 34.0 Å². The molecule has 8 nitrogen and oxygen atoms in total. The second-order valence-corrected chi connectivity index (χ2v) is 16.2. The average Bonchev–Trinajstić information content (AvgIpc) is 3.31. The van der Waals surface area contributed by atoms with E-state index in [9.17, 15) is 14.7 Å². The Kier molecular flexibility index (Phi) is 7.13. The van der Waals surface area contributed by atoms with E-state index in [-0.39, 0.29) is 42.7 Å². The molecule has 9 heteroatoms. The van der Waals surface area contributed by atoms with Gasteiger partial charge in [0.15, 0.2) is 6.10 Å². The highest BCUT2D eigenvalue weighted by molar-refractivity contribution is 6.99. The number of piperidine rings is 1. The first-order valence-corrected chi connectivity index (χ1v) is 16.1. The number of fused-ring (bicyclic) bond motifs is 3. The van der Waals surface area contributed by atoms with Gasteiger partial charge in [0.2, 0.25) is 5.91 Å². The third-order valence-electron chi connectivity index (χ3n) is 8.45. The topological polar surface area (TPSA) is 88.5 Å². The zero-order valence-electron chi connectivity index (χ0n) is 23.7. The lowest BCUT2D eigenvalue weighted by molar-refractivity contribution is -0.121. The molecule has 3 aromatic rings. The van der Waals surface area contributed by atoms with E-state index >= 15 is 0 Å². The molecule has 0 saturated carbocycles. The predicted molar refractivity (Wildman–Crippen MR) is 160 cm³/mol. The maximum Gasteiger partial charge on any atom is 0.415 e. The van der Waals surface area contributed by atoms with Crippen molar-refractivity contribution in [3.05, 3.63) is 78.9 Å². The molecule has 2 fully saturated rings. The van der Waals surface area contributed by atoms with E-state index in [4.69, 9.17) is 13.9 Å². The molecule has 214 valence electrons. The number of nitrogens with zero attached hydrogens (tertiary/aromatic N) is 2. The van der Waals surface area contributed by atoms with Gasteiger partial charge in [0.05, 0.1) is 24.8 Å². The Morgan fingerprint density at radius 3 is 2.22 bits per heavy atom. The van der Waals surface area contributed by atoms with Gasteiger partial charge in [0, 0.05) is 18.3 Å². The zero-order chi connectivity index (χ0) is 28.8. The number of hydrogen-bond donors (Lipinski definition) is 1. The highest BCUT2D eigenvalue weighted by Gasteiger charge is 2.52. The van der Waals surface area contributed by atoms with E-state index in [1.807, 2.05) is 24.3 Å². The molecular formula is C32H36N2O6Si. The van der Waals surface area contributed by atoms with Crippen molar-refractivity contribution in [3.63, 3.8) is 0 Å². The van der Waals surface area contributed by atoms with E-state index in [1.165, 1.54) is 15.3 Å². The molecule has 0 radical (unpaired) electrons. The van der Waals surface area contributed by atoms with Gasteiger partial charge >= 0.3 is 6.09 Å². The maximum atomic E-state index is 13.6. The van der Waals surface area contributed by atoms with E-state index in [2.05, 4.69) is 69.3 Å². The lowest BCUT2D eigenvalue weighted by atomic mass is 10.1. The molecule has 0 aliphatic carbocycles.